The van der Waals surface area contributed by atoms with Crippen molar-refractivity contribution in [2.45, 2.75) is 24.9 Å². The first-order chi connectivity index (χ1) is 7.81. The van der Waals surface area contributed by atoms with E-state index in [1.54, 1.807) is 6.08 Å². The SMILES string of the molecule is OC12CC#CCOC/C=C\C#CC1=CCC2. The first-order valence-corrected chi connectivity index (χ1v) is 5.44. The summed E-state index contributed by atoms with van der Waals surface area (Å²) in [6, 6.07) is 0. The zero-order valence-corrected chi connectivity index (χ0v) is 9.12. The number of aliphatic hydroxyl groups is 1. The summed E-state index contributed by atoms with van der Waals surface area (Å²) in [4.78, 5) is 0. The Hall–Kier alpha value is -1.48. The molecule has 0 saturated heterocycles. The van der Waals surface area contributed by atoms with Crippen LogP contribution >= 0.6 is 0 Å². The van der Waals surface area contributed by atoms with E-state index in [-0.39, 0.29) is 0 Å². The van der Waals surface area contributed by atoms with E-state index in [0.717, 1.165) is 18.4 Å². The fourth-order valence-corrected chi connectivity index (χ4v) is 1.80. The van der Waals surface area contributed by atoms with Crippen molar-refractivity contribution < 1.29 is 9.84 Å². The van der Waals surface area contributed by atoms with E-state index in [9.17, 15) is 5.11 Å². The first kappa shape index (κ1) is 11.0. The molecule has 1 heterocycles. The molecule has 0 amide bonds. The molecule has 2 nitrogen and oxygen atoms in total. The zero-order chi connectivity index (χ0) is 11.3. The van der Waals surface area contributed by atoms with Crippen LogP contribution in [0.15, 0.2) is 23.8 Å². The van der Waals surface area contributed by atoms with Crippen molar-refractivity contribution in [1.29, 1.82) is 0 Å². The maximum atomic E-state index is 10.4. The fourth-order valence-electron chi connectivity index (χ4n) is 1.80. The lowest BCUT2D eigenvalue weighted by Gasteiger charge is -2.20. The van der Waals surface area contributed by atoms with Crippen LogP contribution in [0, 0.1) is 23.7 Å². The van der Waals surface area contributed by atoms with Crippen LogP contribution in [0.1, 0.15) is 19.3 Å². The van der Waals surface area contributed by atoms with Gasteiger partial charge in [0.15, 0.2) is 0 Å². The molecule has 2 aliphatic rings. The summed E-state index contributed by atoms with van der Waals surface area (Å²) in [5.41, 5.74) is -0.0273. The molecule has 0 saturated carbocycles. The largest absolute Gasteiger partial charge is 0.383 e. The predicted molar refractivity (Wildman–Crippen MR) is 62.4 cm³/mol. The summed E-state index contributed by atoms with van der Waals surface area (Å²) in [5, 5.41) is 10.4. The molecule has 0 bridgehead atoms. The van der Waals surface area contributed by atoms with Crippen LogP contribution in [-0.2, 0) is 4.74 Å². The van der Waals surface area contributed by atoms with E-state index in [1.807, 2.05) is 12.2 Å². The van der Waals surface area contributed by atoms with E-state index >= 15 is 0 Å². The van der Waals surface area contributed by atoms with Gasteiger partial charge in [-0.25, -0.2) is 0 Å². The summed E-state index contributed by atoms with van der Waals surface area (Å²) >= 11 is 0. The number of hydrogen-bond acceptors (Lipinski definition) is 2. The van der Waals surface area contributed by atoms with Crippen molar-refractivity contribution in [1.82, 2.24) is 0 Å². The summed E-state index contributed by atoms with van der Waals surface area (Å²) < 4.78 is 5.23. The third kappa shape index (κ3) is 2.55. The summed E-state index contributed by atoms with van der Waals surface area (Å²) in [5.74, 6) is 11.8. The topological polar surface area (TPSA) is 29.5 Å². The second-order valence-electron chi connectivity index (χ2n) is 3.91. The first-order valence-electron chi connectivity index (χ1n) is 5.44. The molecule has 1 aliphatic carbocycles. The molecule has 1 unspecified atom stereocenters. The van der Waals surface area contributed by atoms with Gasteiger partial charge in [0.05, 0.1) is 6.61 Å². The van der Waals surface area contributed by atoms with Crippen molar-refractivity contribution in [3.8, 4) is 23.7 Å². The van der Waals surface area contributed by atoms with Crippen molar-refractivity contribution >= 4 is 0 Å². The van der Waals surface area contributed by atoms with Crippen LogP contribution in [0.2, 0.25) is 0 Å². The van der Waals surface area contributed by atoms with Crippen molar-refractivity contribution in [2.75, 3.05) is 13.2 Å². The Labute approximate surface area is 96.0 Å². The normalized spacial score (nSPS) is 30.4. The standard InChI is InChI=1S/C14H14O2/c15-14-9-3-5-12-16-11-4-1-2-7-13(14)8-6-10-14/h1,4,8,15H,6,9-12H2/b4-1-. The van der Waals surface area contributed by atoms with E-state index < -0.39 is 5.60 Å². The van der Waals surface area contributed by atoms with Crippen LogP contribution in [0.3, 0.4) is 0 Å². The average Bonchev–Trinajstić information content (AvgIpc) is 2.61. The molecule has 1 N–H and O–H groups in total. The minimum absolute atomic E-state index is 0.410. The van der Waals surface area contributed by atoms with E-state index in [0.29, 0.717) is 19.6 Å². The maximum Gasteiger partial charge on any atom is 0.108 e. The summed E-state index contributed by atoms with van der Waals surface area (Å²) in [7, 11) is 0. The zero-order valence-electron chi connectivity index (χ0n) is 9.12. The van der Waals surface area contributed by atoms with Gasteiger partial charge >= 0.3 is 0 Å². The number of rotatable bonds is 0. The molecule has 82 valence electrons. The molecule has 1 atom stereocenters. The van der Waals surface area contributed by atoms with E-state index in [4.69, 9.17) is 4.74 Å². The quantitative estimate of drug-likeness (QED) is 0.618. The highest BCUT2D eigenvalue weighted by Gasteiger charge is 2.33. The van der Waals surface area contributed by atoms with E-state index in [1.165, 1.54) is 0 Å². The molecule has 16 heavy (non-hydrogen) atoms. The van der Waals surface area contributed by atoms with Crippen molar-refractivity contribution in [3.05, 3.63) is 23.8 Å². The molecular formula is C14H14O2. The summed E-state index contributed by atoms with van der Waals surface area (Å²) in [6.45, 7) is 0.944. The number of fused-ring (bicyclic) bond motifs is 1. The Morgan fingerprint density at radius 1 is 1.38 bits per heavy atom. The average molecular weight is 214 g/mol. The lowest BCUT2D eigenvalue weighted by atomic mass is 9.92. The molecule has 2 heteroatoms. The van der Waals surface area contributed by atoms with Gasteiger partial charge in [0, 0.05) is 12.0 Å². The molecule has 0 aromatic heterocycles. The Morgan fingerprint density at radius 3 is 3.25 bits per heavy atom. The fraction of sp³-hybridized carbons (Fsp3) is 0.429. The molecule has 0 radical (unpaired) electrons. The smallest absolute Gasteiger partial charge is 0.108 e. The number of ether oxygens (including phenoxy) is 1. The van der Waals surface area contributed by atoms with Gasteiger partial charge in [0.1, 0.15) is 12.2 Å². The molecule has 0 aromatic carbocycles. The highest BCUT2D eigenvalue weighted by molar-refractivity contribution is 5.42. The highest BCUT2D eigenvalue weighted by atomic mass is 16.5. The number of hydrogen-bond donors (Lipinski definition) is 1. The molecule has 0 aromatic rings. The third-order valence-corrected chi connectivity index (χ3v) is 2.71. The Morgan fingerprint density at radius 2 is 2.31 bits per heavy atom. The van der Waals surface area contributed by atoms with Crippen LogP contribution in [0.4, 0.5) is 0 Å². The maximum absolute atomic E-state index is 10.4. The second-order valence-corrected chi connectivity index (χ2v) is 3.91. The minimum atomic E-state index is -0.840. The predicted octanol–water partition coefficient (Wildman–Crippen LogP) is 1.42. The molecule has 1 aliphatic heterocycles. The van der Waals surface area contributed by atoms with Crippen LogP contribution < -0.4 is 0 Å². The number of allylic oxidation sites excluding steroid dienone is 2. The van der Waals surface area contributed by atoms with Crippen LogP contribution in [0.25, 0.3) is 0 Å². The van der Waals surface area contributed by atoms with Crippen molar-refractivity contribution in [3.63, 3.8) is 0 Å². The van der Waals surface area contributed by atoms with E-state index in [2.05, 4.69) is 23.7 Å². The minimum Gasteiger partial charge on any atom is -0.383 e. The van der Waals surface area contributed by atoms with Gasteiger partial charge in [-0.05, 0) is 18.9 Å². The van der Waals surface area contributed by atoms with Gasteiger partial charge < -0.3 is 9.84 Å². The molecule has 0 fully saturated rings. The molecule has 0 spiro atoms. The monoisotopic (exact) mass is 214 g/mol. The lowest BCUT2D eigenvalue weighted by Crippen LogP contribution is -2.26. The van der Waals surface area contributed by atoms with Gasteiger partial charge in [-0.3, -0.25) is 0 Å². The van der Waals surface area contributed by atoms with Gasteiger partial charge in [-0.2, -0.15) is 0 Å². The highest BCUT2D eigenvalue weighted by Crippen LogP contribution is 2.32. The van der Waals surface area contributed by atoms with Crippen LogP contribution in [-0.4, -0.2) is 23.9 Å². The van der Waals surface area contributed by atoms with Crippen molar-refractivity contribution in [2.24, 2.45) is 0 Å². The Bertz CT molecular complexity index is 437. The second kappa shape index (κ2) is 5.03. The van der Waals surface area contributed by atoms with Gasteiger partial charge in [0.2, 0.25) is 0 Å². The summed E-state index contributed by atoms with van der Waals surface area (Å²) in [6.07, 6.45) is 7.66. The molecule has 2 rings (SSSR count). The molecular weight excluding hydrogens is 200 g/mol. The Balaban J connectivity index is 2.23. The third-order valence-electron chi connectivity index (χ3n) is 2.71. The van der Waals surface area contributed by atoms with Crippen LogP contribution in [0.5, 0.6) is 0 Å². The Kier molecular flexibility index (Phi) is 3.47. The van der Waals surface area contributed by atoms with Gasteiger partial charge in [0.25, 0.3) is 0 Å². The van der Waals surface area contributed by atoms with Gasteiger partial charge in [-0.1, -0.05) is 35.8 Å². The lowest BCUT2D eigenvalue weighted by molar-refractivity contribution is 0.0892. The van der Waals surface area contributed by atoms with Gasteiger partial charge in [-0.15, -0.1) is 0 Å².